The minimum absolute atomic E-state index is 0.0304. The molecule has 1 aromatic rings. The number of amides is 1. The second kappa shape index (κ2) is 6.91. The summed E-state index contributed by atoms with van der Waals surface area (Å²) in [6.45, 7) is 7.07. The maximum atomic E-state index is 12.6. The number of nitrogens with zero attached hydrogens (tertiary/aromatic N) is 1. The summed E-state index contributed by atoms with van der Waals surface area (Å²) in [5, 5.41) is 2.69. The summed E-state index contributed by atoms with van der Waals surface area (Å²) >= 11 is 0. The third-order valence-electron chi connectivity index (χ3n) is 2.94. The number of carbonyl (C=O) groups excluding carboxylic acids is 1. The summed E-state index contributed by atoms with van der Waals surface area (Å²) in [5.41, 5.74) is 6.72. The molecule has 0 radical (unpaired) electrons. The second-order valence-electron chi connectivity index (χ2n) is 5.18. The molecule has 1 aromatic carbocycles. The molecule has 0 saturated carbocycles. The van der Waals surface area contributed by atoms with Crippen LogP contribution in [0, 0.1) is 6.92 Å². The standard InChI is InChI=1S/C14H23N3O3S/c1-5-17(9-14(18)16-10(2)3)21(19,20)13-7-6-12(15)8-11(13)4/h6-8,10H,5,9,15H2,1-4H3,(H,16,18). The summed E-state index contributed by atoms with van der Waals surface area (Å²) < 4.78 is 26.4. The van der Waals surface area contributed by atoms with Gasteiger partial charge in [-0.05, 0) is 44.5 Å². The first-order valence-electron chi connectivity index (χ1n) is 6.84. The van der Waals surface area contributed by atoms with E-state index >= 15 is 0 Å². The van der Waals surface area contributed by atoms with Crippen molar-refractivity contribution in [1.29, 1.82) is 0 Å². The minimum atomic E-state index is -3.71. The van der Waals surface area contributed by atoms with E-state index in [9.17, 15) is 13.2 Å². The molecule has 0 heterocycles. The van der Waals surface area contributed by atoms with E-state index in [4.69, 9.17) is 5.73 Å². The maximum Gasteiger partial charge on any atom is 0.243 e. The normalized spacial score (nSPS) is 11.9. The molecule has 0 aliphatic heterocycles. The monoisotopic (exact) mass is 313 g/mol. The SMILES string of the molecule is CCN(CC(=O)NC(C)C)S(=O)(=O)c1ccc(N)cc1C. The van der Waals surface area contributed by atoms with Gasteiger partial charge in [0.05, 0.1) is 11.4 Å². The fraction of sp³-hybridized carbons (Fsp3) is 0.500. The Labute approximate surface area is 126 Å². The third kappa shape index (κ3) is 4.44. The average Bonchev–Trinajstić information content (AvgIpc) is 2.34. The fourth-order valence-corrected chi connectivity index (χ4v) is 3.61. The fourth-order valence-electron chi connectivity index (χ4n) is 2.00. The first kappa shape index (κ1) is 17.5. The highest BCUT2D eigenvalue weighted by atomic mass is 32.2. The first-order chi connectivity index (χ1) is 9.68. The van der Waals surface area contributed by atoms with Crippen molar-refractivity contribution in [2.75, 3.05) is 18.8 Å². The highest BCUT2D eigenvalue weighted by molar-refractivity contribution is 7.89. The highest BCUT2D eigenvalue weighted by Gasteiger charge is 2.26. The Hall–Kier alpha value is -1.60. The highest BCUT2D eigenvalue weighted by Crippen LogP contribution is 2.21. The van der Waals surface area contributed by atoms with Crippen LogP contribution in [0.2, 0.25) is 0 Å². The molecule has 6 nitrogen and oxygen atoms in total. The number of aryl methyl sites for hydroxylation is 1. The van der Waals surface area contributed by atoms with Crippen molar-refractivity contribution in [2.24, 2.45) is 0 Å². The predicted octanol–water partition coefficient (Wildman–Crippen LogP) is 1.11. The molecule has 0 aromatic heterocycles. The van der Waals surface area contributed by atoms with E-state index in [1.54, 1.807) is 26.0 Å². The van der Waals surface area contributed by atoms with Crippen LogP contribution >= 0.6 is 0 Å². The second-order valence-corrected chi connectivity index (χ2v) is 7.08. The Morgan fingerprint density at radius 1 is 1.38 bits per heavy atom. The molecule has 1 amide bonds. The van der Waals surface area contributed by atoms with Crippen molar-refractivity contribution in [2.45, 2.75) is 38.6 Å². The van der Waals surface area contributed by atoms with Gasteiger partial charge in [-0.1, -0.05) is 6.92 Å². The number of hydrogen-bond acceptors (Lipinski definition) is 4. The van der Waals surface area contributed by atoms with Gasteiger partial charge in [0.2, 0.25) is 15.9 Å². The number of nitrogens with one attached hydrogen (secondary N) is 1. The first-order valence-corrected chi connectivity index (χ1v) is 8.28. The molecule has 0 aliphatic rings. The summed E-state index contributed by atoms with van der Waals surface area (Å²) in [7, 11) is -3.71. The van der Waals surface area contributed by atoms with Gasteiger partial charge in [0, 0.05) is 18.3 Å². The lowest BCUT2D eigenvalue weighted by Gasteiger charge is -2.21. The number of hydrogen-bond donors (Lipinski definition) is 2. The van der Waals surface area contributed by atoms with Gasteiger partial charge in [-0.15, -0.1) is 0 Å². The molecule has 0 aliphatic carbocycles. The van der Waals surface area contributed by atoms with Crippen molar-refractivity contribution in [3.05, 3.63) is 23.8 Å². The van der Waals surface area contributed by atoms with E-state index in [0.29, 0.717) is 11.3 Å². The van der Waals surface area contributed by atoms with Gasteiger partial charge in [-0.3, -0.25) is 4.79 Å². The maximum absolute atomic E-state index is 12.6. The van der Waals surface area contributed by atoms with Crippen LogP contribution in [-0.4, -0.2) is 37.8 Å². The van der Waals surface area contributed by atoms with Crippen molar-refractivity contribution < 1.29 is 13.2 Å². The van der Waals surface area contributed by atoms with E-state index in [1.807, 2.05) is 13.8 Å². The van der Waals surface area contributed by atoms with Gasteiger partial charge >= 0.3 is 0 Å². The van der Waals surface area contributed by atoms with Crippen molar-refractivity contribution in [3.63, 3.8) is 0 Å². The summed E-state index contributed by atoms with van der Waals surface area (Å²) in [5.74, 6) is -0.316. The Morgan fingerprint density at radius 2 is 2.00 bits per heavy atom. The van der Waals surface area contributed by atoms with Crippen LogP contribution in [0.5, 0.6) is 0 Å². The minimum Gasteiger partial charge on any atom is -0.399 e. The van der Waals surface area contributed by atoms with Gasteiger partial charge in [-0.2, -0.15) is 4.31 Å². The van der Waals surface area contributed by atoms with Gasteiger partial charge in [0.15, 0.2) is 0 Å². The molecule has 7 heteroatoms. The molecule has 118 valence electrons. The predicted molar refractivity (Wildman–Crippen MR) is 83.3 cm³/mol. The molecule has 0 unspecified atom stereocenters. The molecule has 3 N–H and O–H groups in total. The number of sulfonamides is 1. The third-order valence-corrected chi connectivity index (χ3v) is 5.02. The number of anilines is 1. The van der Waals surface area contributed by atoms with E-state index in [1.165, 1.54) is 6.07 Å². The van der Waals surface area contributed by atoms with Crippen molar-refractivity contribution >= 4 is 21.6 Å². The van der Waals surface area contributed by atoms with E-state index in [0.717, 1.165) is 4.31 Å². The van der Waals surface area contributed by atoms with Gasteiger partial charge in [-0.25, -0.2) is 8.42 Å². The molecule has 0 atom stereocenters. The molecule has 0 fully saturated rings. The number of likely N-dealkylation sites (N-methyl/N-ethyl adjacent to an activating group) is 1. The number of rotatable bonds is 6. The molecule has 1 rings (SSSR count). The average molecular weight is 313 g/mol. The van der Waals surface area contributed by atoms with Crippen LogP contribution < -0.4 is 11.1 Å². The number of nitrogen functional groups attached to an aromatic ring is 1. The van der Waals surface area contributed by atoms with E-state index in [-0.39, 0.29) is 29.9 Å². The van der Waals surface area contributed by atoms with Gasteiger partial charge in [0.25, 0.3) is 0 Å². The lowest BCUT2D eigenvalue weighted by Crippen LogP contribution is -2.42. The zero-order valence-electron chi connectivity index (χ0n) is 12.9. The molecular weight excluding hydrogens is 290 g/mol. The number of nitrogens with two attached hydrogens (primary N) is 1. The molecule has 0 bridgehead atoms. The van der Waals surface area contributed by atoms with Crippen LogP contribution in [0.3, 0.4) is 0 Å². The quantitative estimate of drug-likeness (QED) is 0.770. The van der Waals surface area contributed by atoms with Gasteiger partial charge in [0.1, 0.15) is 0 Å². The largest absolute Gasteiger partial charge is 0.399 e. The Morgan fingerprint density at radius 3 is 2.48 bits per heavy atom. The summed E-state index contributed by atoms with van der Waals surface area (Å²) in [6.07, 6.45) is 0. The molecular formula is C14H23N3O3S. The van der Waals surface area contributed by atoms with Crippen molar-refractivity contribution in [3.8, 4) is 0 Å². The van der Waals surface area contributed by atoms with Crippen LogP contribution in [0.1, 0.15) is 26.3 Å². The molecule has 0 saturated heterocycles. The summed E-state index contributed by atoms with van der Waals surface area (Å²) in [6, 6.07) is 4.59. The smallest absolute Gasteiger partial charge is 0.243 e. The zero-order chi connectivity index (χ0) is 16.2. The Kier molecular flexibility index (Phi) is 5.74. The van der Waals surface area contributed by atoms with Gasteiger partial charge < -0.3 is 11.1 Å². The van der Waals surface area contributed by atoms with E-state index < -0.39 is 10.0 Å². The topological polar surface area (TPSA) is 92.5 Å². The molecule has 0 spiro atoms. The number of benzene rings is 1. The molecule has 21 heavy (non-hydrogen) atoms. The lowest BCUT2D eigenvalue weighted by molar-refractivity contribution is -0.121. The van der Waals surface area contributed by atoms with Crippen LogP contribution in [-0.2, 0) is 14.8 Å². The van der Waals surface area contributed by atoms with Crippen LogP contribution in [0.25, 0.3) is 0 Å². The van der Waals surface area contributed by atoms with Crippen LogP contribution in [0.15, 0.2) is 23.1 Å². The Balaban J connectivity index is 3.05. The Bertz CT molecular complexity index is 612. The van der Waals surface area contributed by atoms with Crippen LogP contribution in [0.4, 0.5) is 5.69 Å². The van der Waals surface area contributed by atoms with Crippen molar-refractivity contribution in [1.82, 2.24) is 9.62 Å². The van der Waals surface area contributed by atoms with E-state index in [2.05, 4.69) is 5.32 Å². The number of carbonyl (C=O) groups is 1. The zero-order valence-corrected chi connectivity index (χ0v) is 13.7. The summed E-state index contributed by atoms with van der Waals surface area (Å²) in [4.78, 5) is 12.0. The lowest BCUT2D eigenvalue weighted by atomic mass is 10.2.